The van der Waals surface area contributed by atoms with Crippen molar-refractivity contribution in [3.8, 4) is 0 Å². The molecule has 21 nitrogen and oxygen atoms in total. The van der Waals surface area contributed by atoms with Crippen LogP contribution in [0.1, 0.15) is 204 Å². The summed E-state index contributed by atoms with van der Waals surface area (Å²) in [5, 5.41) is 10.4. The Balaban J connectivity index is 0.000000134. The zero-order chi connectivity index (χ0) is 91.1. The number of anilines is 8. The molecule has 4 aromatic heterocycles. The Bertz CT molecular complexity index is 6390. The lowest BCUT2D eigenvalue weighted by molar-refractivity contribution is 0.0882. The molecule has 2 unspecified atom stereocenters. The highest BCUT2D eigenvalue weighted by Gasteiger charge is 2.35. The number of aliphatic hydroxyl groups excluding tert-OH is 1. The van der Waals surface area contributed by atoms with Gasteiger partial charge < -0.3 is 29.6 Å². The number of ketones is 3. The predicted octanol–water partition coefficient (Wildman–Crippen LogP) is 21.1. The van der Waals surface area contributed by atoms with E-state index in [2.05, 4.69) is 111 Å². The molecule has 25 heteroatoms. The SMILES string of the molecule is CCC(CO)CC(=O)c1cccc2c1CCN2c1cc(Cc2cc(C)cc(F)c2)ncn1.CCCCC(=O)c1cccc2c1CCN2c1cc(C(OS(=O)(=O)c2ccc(C)cc2)c2cccc(C)c2)ncn1.CCCCC(=O)c1cccc2c1CCN2c1cc(Sc2cccc(C)c2)ncn1.Cc1cc(F)cc(Cc2cc(N3CCc4c(C(=O)N5CC5)cccc43)ncn2)c1. The van der Waals surface area contributed by atoms with Crippen molar-refractivity contribution >= 4 is 91.2 Å². The summed E-state index contributed by atoms with van der Waals surface area (Å²) in [5.74, 6) is 3.21. The molecule has 1 fully saturated rings. The zero-order valence-electron chi connectivity index (χ0n) is 74.6. The van der Waals surface area contributed by atoms with Gasteiger partial charge in [0.15, 0.2) is 17.3 Å². The summed E-state index contributed by atoms with van der Waals surface area (Å²) >= 11 is 1.64. The number of unbranched alkanes of at least 4 members (excludes halogenated alkanes) is 2. The molecule has 0 aliphatic carbocycles. The number of carbonyl (C=O) groups is 4. The van der Waals surface area contributed by atoms with Crippen molar-refractivity contribution in [2.75, 3.05) is 65.5 Å². The Morgan fingerprint density at radius 1 is 0.438 bits per heavy atom. The number of nitrogens with zero attached hydrogens (tertiary/aromatic N) is 13. The molecule has 130 heavy (non-hydrogen) atoms. The molecular weight excluding hydrogens is 1670 g/mol. The number of aliphatic hydroxyl groups is 1. The fourth-order valence-corrected chi connectivity index (χ4v) is 19.2. The van der Waals surface area contributed by atoms with E-state index in [0.717, 1.165) is 225 Å². The quantitative estimate of drug-likeness (QED) is 0.0198. The van der Waals surface area contributed by atoms with Crippen LogP contribution in [0.15, 0.2) is 246 Å². The maximum atomic E-state index is 13.8. The average Bonchev–Trinajstić information content (AvgIpc) is 1.61. The second-order valence-corrected chi connectivity index (χ2v) is 36.4. The molecule has 2 atom stereocenters. The number of aromatic nitrogens is 8. The van der Waals surface area contributed by atoms with Gasteiger partial charge in [0.25, 0.3) is 16.0 Å². The number of Topliss-reactive ketones (excluding diaryl/α,β-unsaturated/α-hetero) is 3. The van der Waals surface area contributed by atoms with Crippen LogP contribution in [-0.4, -0.2) is 127 Å². The first-order valence-electron chi connectivity index (χ1n) is 44.6. The molecule has 18 rings (SSSR count). The Morgan fingerprint density at radius 3 is 1.34 bits per heavy atom. The van der Waals surface area contributed by atoms with E-state index in [0.29, 0.717) is 55.7 Å². The third-order valence-electron chi connectivity index (χ3n) is 24.0. The van der Waals surface area contributed by atoms with E-state index in [9.17, 15) is 41.5 Å². The molecule has 666 valence electrons. The van der Waals surface area contributed by atoms with E-state index in [-0.39, 0.29) is 52.3 Å². The monoisotopic (exact) mass is 1780 g/mol. The van der Waals surface area contributed by atoms with Crippen LogP contribution in [0.2, 0.25) is 0 Å². The first-order chi connectivity index (χ1) is 63.0. The highest BCUT2D eigenvalue weighted by molar-refractivity contribution is 7.99. The summed E-state index contributed by atoms with van der Waals surface area (Å²) in [7, 11) is -4.10. The lowest BCUT2D eigenvalue weighted by atomic mass is 9.93. The lowest BCUT2D eigenvalue weighted by Gasteiger charge is -2.22. The highest BCUT2D eigenvalue weighted by atomic mass is 32.2. The van der Waals surface area contributed by atoms with Gasteiger partial charge in [-0.3, -0.25) is 23.4 Å². The van der Waals surface area contributed by atoms with Crippen molar-refractivity contribution in [2.45, 2.75) is 166 Å². The molecule has 0 radical (unpaired) electrons. The van der Waals surface area contributed by atoms with Crippen LogP contribution in [0.4, 0.5) is 54.8 Å². The van der Waals surface area contributed by atoms with Crippen LogP contribution < -0.4 is 19.6 Å². The Hall–Kier alpha value is -12.9. The van der Waals surface area contributed by atoms with Crippen LogP contribution in [-0.2, 0) is 52.8 Å². The minimum atomic E-state index is -4.10. The van der Waals surface area contributed by atoms with Gasteiger partial charge in [-0.15, -0.1) is 0 Å². The smallest absolute Gasteiger partial charge is 0.297 e. The summed E-state index contributed by atoms with van der Waals surface area (Å²) < 4.78 is 60.1. The van der Waals surface area contributed by atoms with Crippen LogP contribution in [0.3, 0.4) is 0 Å². The fourth-order valence-electron chi connectivity index (χ4n) is 17.2. The number of halogens is 2. The second kappa shape index (κ2) is 42.1. The first-order valence-corrected chi connectivity index (χ1v) is 46.9. The van der Waals surface area contributed by atoms with E-state index >= 15 is 0 Å². The largest absolute Gasteiger partial charge is 0.396 e. The molecule has 5 aliphatic heterocycles. The van der Waals surface area contributed by atoms with E-state index in [1.165, 1.54) is 41.3 Å². The molecule has 9 heterocycles. The van der Waals surface area contributed by atoms with Gasteiger partial charge >= 0.3 is 0 Å². The van der Waals surface area contributed by atoms with Crippen molar-refractivity contribution in [3.63, 3.8) is 0 Å². The molecule has 9 aromatic carbocycles. The molecule has 5 aliphatic rings. The Morgan fingerprint density at radius 2 is 0.877 bits per heavy atom. The van der Waals surface area contributed by atoms with Gasteiger partial charge in [0.2, 0.25) is 0 Å². The van der Waals surface area contributed by atoms with Crippen molar-refractivity contribution in [2.24, 2.45) is 5.92 Å². The lowest BCUT2D eigenvalue weighted by Crippen LogP contribution is -2.18. The van der Waals surface area contributed by atoms with Gasteiger partial charge in [-0.2, -0.15) is 8.42 Å². The number of amides is 1. The number of fused-ring (bicyclic) bond motifs is 4. The standard InChI is InChI=1S/C32H33N3O4S.C26H28FN3O2.C24H25N3OS.C23H21FN4O/c1-4-5-12-30(36)27-10-7-11-29-26(27)17-18-35(29)31-20-28(33-21-34-31)32(24-9-6-8-23(3)19-24)39-40(37,38)25-15-13-22(2)14-16-25;1-3-18(15-31)13-25(32)23-5-4-6-24-22(23)7-8-30(24)26-14-21(28-16-29-26)12-19-9-17(2)10-20(27)11-19;1-3-4-11-22(28)20-9-6-10-21-19(20)12-13-27(21)23-15-24(26-16-25-23)29-18-8-5-7-17(2)14-18;1-15-9-16(11-17(24)10-15)12-18-13-22(26-14-25-18)28-6-5-19-20(3-2-4-21(19)28)23(29)27-7-8-27/h6-11,13-16,19-21,32H,4-5,12,17-18H2,1-3H3;4-6,9-11,14,16,18,31H,3,7-8,12-13,15H2,1-2H3;5-10,14-16H,3-4,11-13H2,1-2H3;2-4,9-11,13-14H,5-8,12H2,1H3. The summed E-state index contributed by atoms with van der Waals surface area (Å²) in [5.41, 5.74) is 21.0. The van der Waals surface area contributed by atoms with Gasteiger partial charge in [0, 0.05) is 152 Å². The average molecular weight is 1780 g/mol. The van der Waals surface area contributed by atoms with E-state index in [1.54, 1.807) is 60.8 Å². The normalized spacial score (nSPS) is 13.8. The van der Waals surface area contributed by atoms with Gasteiger partial charge in [-0.05, 0) is 208 Å². The van der Waals surface area contributed by atoms with Gasteiger partial charge in [-0.25, -0.2) is 48.7 Å². The number of hydrogen-bond acceptors (Lipinski definition) is 21. The summed E-state index contributed by atoms with van der Waals surface area (Å²) in [6.45, 7) is 20.6. The van der Waals surface area contributed by atoms with Crippen molar-refractivity contribution < 1.29 is 45.7 Å². The van der Waals surface area contributed by atoms with Crippen molar-refractivity contribution in [3.05, 3.63) is 349 Å². The minimum Gasteiger partial charge on any atom is -0.396 e. The fraction of sp³-hybridized carbons (Fsp3) is 0.295. The number of benzene rings is 9. The van der Waals surface area contributed by atoms with Gasteiger partial charge in [0.1, 0.15) is 71.3 Å². The summed E-state index contributed by atoms with van der Waals surface area (Å²) in [6.07, 6.45) is 15.5. The molecule has 0 bridgehead atoms. The third kappa shape index (κ3) is 22.3. The maximum Gasteiger partial charge on any atom is 0.297 e. The number of aryl methyl sites for hydroxylation is 5. The van der Waals surface area contributed by atoms with E-state index in [4.69, 9.17) is 4.18 Å². The molecule has 1 amide bonds. The van der Waals surface area contributed by atoms with E-state index in [1.807, 2.05) is 161 Å². The van der Waals surface area contributed by atoms with Gasteiger partial charge in [-0.1, -0.05) is 172 Å². The Kier molecular flexibility index (Phi) is 29.7. The van der Waals surface area contributed by atoms with Gasteiger partial charge in [0.05, 0.1) is 22.0 Å². The number of carbonyl (C=O) groups excluding carboxylic acids is 4. The molecule has 1 N–H and O–H groups in total. The molecule has 1 saturated heterocycles. The van der Waals surface area contributed by atoms with Crippen molar-refractivity contribution in [1.29, 1.82) is 0 Å². The van der Waals surface area contributed by atoms with E-state index < -0.39 is 16.2 Å². The summed E-state index contributed by atoms with van der Waals surface area (Å²) in [6, 6.07) is 63.8. The van der Waals surface area contributed by atoms with Crippen LogP contribution in [0.5, 0.6) is 0 Å². The number of hydrogen-bond donors (Lipinski definition) is 1. The Labute approximate surface area is 763 Å². The molecular formula is C105H107F2N13O8S2. The number of rotatable bonds is 29. The summed E-state index contributed by atoms with van der Waals surface area (Å²) in [4.78, 5) is 98.2. The second-order valence-electron chi connectivity index (χ2n) is 33.7. The highest BCUT2D eigenvalue weighted by Crippen LogP contribution is 2.43. The topological polar surface area (TPSA) is 251 Å². The van der Waals surface area contributed by atoms with Crippen LogP contribution in [0, 0.1) is 52.2 Å². The minimum absolute atomic E-state index is 0.00764. The van der Waals surface area contributed by atoms with Crippen LogP contribution in [0.25, 0.3) is 0 Å². The zero-order valence-corrected chi connectivity index (χ0v) is 76.3. The first kappa shape index (κ1) is 91.8. The third-order valence-corrected chi connectivity index (χ3v) is 26.2. The van der Waals surface area contributed by atoms with Crippen molar-refractivity contribution in [1.82, 2.24) is 44.8 Å². The van der Waals surface area contributed by atoms with Crippen LogP contribution >= 0.6 is 11.8 Å². The molecule has 0 spiro atoms. The molecule has 13 aromatic rings. The maximum absolute atomic E-state index is 13.8. The predicted molar refractivity (Wildman–Crippen MR) is 506 cm³/mol. The molecule has 0 saturated carbocycles.